The molecular weight excluding hydrogens is 268 g/mol. The zero-order chi connectivity index (χ0) is 14.2. The van der Waals surface area contributed by atoms with Crippen molar-refractivity contribution in [3.05, 3.63) is 0 Å². The molecule has 0 unspecified atom stereocenters. The maximum atomic E-state index is 12.1. The molecule has 0 aliphatic carbocycles. The van der Waals surface area contributed by atoms with Crippen LogP contribution in [0, 0.1) is 5.92 Å². The number of carbonyl (C=O) groups is 1. The number of hydrogen-bond donors (Lipinski definition) is 0. The molecule has 19 heavy (non-hydrogen) atoms. The van der Waals surface area contributed by atoms with Crippen LogP contribution in [-0.2, 0) is 19.6 Å². The molecule has 3 atom stereocenters. The van der Waals surface area contributed by atoms with Crippen molar-refractivity contribution in [2.24, 2.45) is 5.92 Å². The lowest BCUT2D eigenvalue weighted by Crippen LogP contribution is -2.48. The largest absolute Gasteiger partial charge is 0.371 e. The summed E-state index contributed by atoms with van der Waals surface area (Å²) in [4.78, 5) is 13.6. The molecule has 0 aromatic rings. The van der Waals surface area contributed by atoms with Crippen LogP contribution in [0.4, 0.5) is 0 Å². The van der Waals surface area contributed by atoms with E-state index in [1.54, 1.807) is 19.0 Å². The van der Waals surface area contributed by atoms with Crippen LogP contribution in [0.1, 0.15) is 19.8 Å². The number of amides is 1. The van der Waals surface area contributed by atoms with Gasteiger partial charge in [-0.1, -0.05) is 6.92 Å². The van der Waals surface area contributed by atoms with Gasteiger partial charge in [-0.2, -0.15) is 4.31 Å². The van der Waals surface area contributed by atoms with Gasteiger partial charge in [-0.25, -0.2) is 8.42 Å². The Morgan fingerprint density at radius 3 is 2.63 bits per heavy atom. The zero-order valence-electron chi connectivity index (χ0n) is 11.7. The second-order valence-electron chi connectivity index (χ2n) is 5.50. The van der Waals surface area contributed by atoms with Crippen LogP contribution in [0.2, 0.25) is 0 Å². The normalized spacial score (nSPS) is 31.4. The van der Waals surface area contributed by atoms with E-state index in [2.05, 4.69) is 0 Å². The minimum Gasteiger partial charge on any atom is -0.371 e. The van der Waals surface area contributed by atoms with Gasteiger partial charge in [0.15, 0.2) is 0 Å². The summed E-state index contributed by atoms with van der Waals surface area (Å²) in [6, 6.07) is 0. The molecule has 2 rings (SSSR count). The number of morpholine rings is 1. The average Bonchev–Trinajstić information content (AvgIpc) is 2.62. The van der Waals surface area contributed by atoms with Crippen molar-refractivity contribution in [2.45, 2.75) is 32.0 Å². The highest BCUT2D eigenvalue weighted by Crippen LogP contribution is 2.34. The molecule has 2 heterocycles. The lowest BCUT2D eigenvalue weighted by atomic mass is 9.99. The SMILES string of the molecule is CCCS(=O)(=O)N1C[C@H]2C[C@H](C(=O)N(C)C)[C@@H](C1)O2. The summed E-state index contributed by atoms with van der Waals surface area (Å²) in [5.74, 6) is -0.0114. The van der Waals surface area contributed by atoms with Gasteiger partial charge in [0.05, 0.1) is 23.9 Å². The van der Waals surface area contributed by atoms with Gasteiger partial charge in [-0.3, -0.25) is 4.79 Å². The highest BCUT2D eigenvalue weighted by molar-refractivity contribution is 7.89. The van der Waals surface area contributed by atoms with Crippen LogP contribution in [0.5, 0.6) is 0 Å². The van der Waals surface area contributed by atoms with Crippen LogP contribution in [0.3, 0.4) is 0 Å². The molecular formula is C12H22N2O4S. The third-order valence-electron chi connectivity index (χ3n) is 3.74. The minimum atomic E-state index is -3.20. The smallest absolute Gasteiger partial charge is 0.227 e. The number of sulfonamides is 1. The third-order valence-corrected chi connectivity index (χ3v) is 5.75. The summed E-state index contributed by atoms with van der Waals surface area (Å²) in [6.07, 6.45) is 0.800. The van der Waals surface area contributed by atoms with E-state index in [0.29, 0.717) is 25.9 Å². The van der Waals surface area contributed by atoms with Crippen molar-refractivity contribution >= 4 is 15.9 Å². The van der Waals surface area contributed by atoms with Gasteiger partial charge in [0, 0.05) is 27.2 Å². The Morgan fingerprint density at radius 2 is 2.05 bits per heavy atom. The van der Waals surface area contributed by atoms with E-state index in [-0.39, 0.29) is 29.8 Å². The topological polar surface area (TPSA) is 66.9 Å². The van der Waals surface area contributed by atoms with Crippen molar-refractivity contribution in [1.82, 2.24) is 9.21 Å². The second-order valence-corrected chi connectivity index (χ2v) is 7.59. The fraction of sp³-hybridized carbons (Fsp3) is 0.917. The Kier molecular flexibility index (Phi) is 4.17. The van der Waals surface area contributed by atoms with Crippen molar-refractivity contribution < 1.29 is 17.9 Å². The van der Waals surface area contributed by atoms with Gasteiger partial charge >= 0.3 is 0 Å². The minimum absolute atomic E-state index is 0.0299. The molecule has 110 valence electrons. The highest BCUT2D eigenvalue weighted by atomic mass is 32.2. The number of fused-ring (bicyclic) bond motifs is 2. The molecule has 0 spiro atoms. The predicted octanol–water partition coefficient (Wildman–Crippen LogP) is -0.0963. The van der Waals surface area contributed by atoms with Crippen molar-refractivity contribution in [3.8, 4) is 0 Å². The van der Waals surface area contributed by atoms with Gasteiger partial charge in [-0.15, -0.1) is 0 Å². The zero-order valence-corrected chi connectivity index (χ0v) is 12.5. The molecule has 2 saturated heterocycles. The third kappa shape index (κ3) is 2.93. The number of hydrogen-bond acceptors (Lipinski definition) is 4. The summed E-state index contributed by atoms with van der Waals surface area (Å²) in [5.41, 5.74) is 0. The molecule has 2 aliphatic rings. The first-order valence-electron chi connectivity index (χ1n) is 6.69. The van der Waals surface area contributed by atoms with Gasteiger partial charge < -0.3 is 9.64 Å². The molecule has 7 heteroatoms. The highest BCUT2D eigenvalue weighted by Gasteiger charge is 2.47. The molecule has 0 aromatic carbocycles. The molecule has 0 radical (unpaired) electrons. The Hall–Kier alpha value is -0.660. The van der Waals surface area contributed by atoms with Crippen molar-refractivity contribution in [3.63, 3.8) is 0 Å². The van der Waals surface area contributed by atoms with Gasteiger partial charge in [0.25, 0.3) is 0 Å². The van der Waals surface area contributed by atoms with Crippen LogP contribution in [-0.4, -0.2) is 68.7 Å². The Bertz CT molecular complexity index is 449. The molecule has 0 saturated carbocycles. The quantitative estimate of drug-likeness (QED) is 0.725. The molecule has 0 N–H and O–H groups in total. The van der Waals surface area contributed by atoms with E-state index in [4.69, 9.17) is 4.74 Å². The van der Waals surface area contributed by atoms with Crippen molar-refractivity contribution in [1.29, 1.82) is 0 Å². The van der Waals surface area contributed by atoms with Crippen LogP contribution >= 0.6 is 0 Å². The Balaban J connectivity index is 2.09. The summed E-state index contributed by atoms with van der Waals surface area (Å²) in [7, 11) is 0.237. The fourth-order valence-corrected chi connectivity index (χ4v) is 4.37. The fourth-order valence-electron chi connectivity index (χ4n) is 2.83. The lowest BCUT2D eigenvalue weighted by Gasteiger charge is -2.32. The summed E-state index contributed by atoms with van der Waals surface area (Å²) >= 11 is 0. The van der Waals surface area contributed by atoms with Crippen molar-refractivity contribution in [2.75, 3.05) is 32.9 Å². The monoisotopic (exact) mass is 290 g/mol. The van der Waals surface area contributed by atoms with E-state index in [0.717, 1.165) is 0 Å². The van der Waals surface area contributed by atoms with E-state index in [1.807, 2.05) is 6.92 Å². The second kappa shape index (κ2) is 5.38. The number of rotatable bonds is 4. The number of nitrogens with zero attached hydrogens (tertiary/aromatic N) is 2. The predicted molar refractivity (Wildman–Crippen MR) is 71.1 cm³/mol. The lowest BCUT2D eigenvalue weighted by molar-refractivity contribution is -0.135. The van der Waals surface area contributed by atoms with Gasteiger partial charge in [0.2, 0.25) is 15.9 Å². The van der Waals surface area contributed by atoms with E-state index < -0.39 is 10.0 Å². The van der Waals surface area contributed by atoms with Crippen LogP contribution in [0.15, 0.2) is 0 Å². The van der Waals surface area contributed by atoms with E-state index in [9.17, 15) is 13.2 Å². The first-order chi connectivity index (χ1) is 8.85. The number of ether oxygens (including phenoxy) is 1. The summed E-state index contributed by atoms with van der Waals surface area (Å²) < 4.78 is 31.4. The molecule has 2 bridgehead atoms. The molecule has 2 aliphatic heterocycles. The first-order valence-corrected chi connectivity index (χ1v) is 8.30. The Morgan fingerprint density at radius 1 is 1.37 bits per heavy atom. The van der Waals surface area contributed by atoms with Crippen LogP contribution in [0.25, 0.3) is 0 Å². The maximum absolute atomic E-state index is 12.1. The maximum Gasteiger partial charge on any atom is 0.227 e. The summed E-state index contributed by atoms with van der Waals surface area (Å²) in [6.45, 7) is 2.55. The van der Waals surface area contributed by atoms with Gasteiger partial charge in [0.1, 0.15) is 0 Å². The first kappa shape index (κ1) is 14.7. The Labute approximate surface area is 114 Å². The molecule has 0 aromatic heterocycles. The van der Waals surface area contributed by atoms with E-state index in [1.165, 1.54) is 4.31 Å². The van der Waals surface area contributed by atoms with Crippen LogP contribution < -0.4 is 0 Å². The number of carbonyl (C=O) groups excluding carboxylic acids is 1. The molecule has 1 amide bonds. The summed E-state index contributed by atoms with van der Waals surface area (Å²) in [5, 5.41) is 0. The van der Waals surface area contributed by atoms with Gasteiger partial charge in [-0.05, 0) is 12.8 Å². The average molecular weight is 290 g/mol. The molecule has 2 fully saturated rings. The van der Waals surface area contributed by atoms with E-state index >= 15 is 0 Å². The molecule has 6 nitrogen and oxygen atoms in total. The standard InChI is InChI=1S/C12H22N2O4S/c1-4-5-19(16,17)14-7-9-6-10(11(8-14)18-9)12(15)13(2)3/h9-11H,4-8H2,1-3H3/t9-,10+,11-/m1/s1.